The van der Waals surface area contributed by atoms with Crippen molar-refractivity contribution in [3.05, 3.63) is 44.9 Å². The van der Waals surface area contributed by atoms with E-state index in [1.807, 2.05) is 29.3 Å². The van der Waals surface area contributed by atoms with E-state index in [4.69, 9.17) is 16.3 Å². The largest absolute Gasteiger partial charge is 0.496 e. The topological polar surface area (TPSA) is 56.1 Å². The van der Waals surface area contributed by atoms with Gasteiger partial charge in [-0.05, 0) is 18.4 Å². The summed E-state index contributed by atoms with van der Waals surface area (Å²) in [7, 11) is 3.51. The molecule has 0 atom stereocenters. The number of amides is 1. The molecule has 0 aliphatic carbocycles. The van der Waals surface area contributed by atoms with Gasteiger partial charge in [0.15, 0.2) is 0 Å². The van der Waals surface area contributed by atoms with Crippen molar-refractivity contribution in [1.82, 2.24) is 14.9 Å². The average molecular weight is 350 g/mol. The minimum absolute atomic E-state index is 0.115. The number of thiophene rings is 1. The molecule has 0 saturated heterocycles. The lowest BCUT2D eigenvalue weighted by molar-refractivity contribution is 0.0951. The summed E-state index contributed by atoms with van der Waals surface area (Å²) in [5.41, 5.74) is 3.10. The van der Waals surface area contributed by atoms with Gasteiger partial charge in [-0.15, -0.1) is 0 Å². The van der Waals surface area contributed by atoms with Gasteiger partial charge in [0.25, 0.3) is 5.91 Å². The second-order valence-corrected chi connectivity index (χ2v) is 6.34. The highest BCUT2D eigenvalue weighted by molar-refractivity contribution is 7.08. The number of carbonyl (C=O) groups is 1. The van der Waals surface area contributed by atoms with Crippen LogP contribution < -0.4 is 10.1 Å². The van der Waals surface area contributed by atoms with Gasteiger partial charge in [0.2, 0.25) is 0 Å². The molecule has 1 aromatic carbocycles. The third kappa shape index (κ3) is 2.80. The van der Waals surface area contributed by atoms with Crippen LogP contribution in [0.2, 0.25) is 5.02 Å². The molecule has 7 heteroatoms. The number of nitrogens with one attached hydrogen (secondary N) is 1. The second-order valence-electron chi connectivity index (χ2n) is 5.15. The van der Waals surface area contributed by atoms with Gasteiger partial charge in [-0.25, -0.2) is 4.98 Å². The smallest absolute Gasteiger partial charge is 0.252 e. The number of halogens is 1. The average Bonchev–Trinajstić information content (AvgIpc) is 3.16. The summed E-state index contributed by atoms with van der Waals surface area (Å²) in [6, 6.07) is 3.53. The number of benzene rings is 1. The molecular formula is C16H16ClN3O2S. The Morgan fingerprint density at radius 2 is 2.30 bits per heavy atom. The lowest BCUT2D eigenvalue weighted by Gasteiger charge is -2.13. The first-order valence-electron chi connectivity index (χ1n) is 7.01. The van der Waals surface area contributed by atoms with E-state index < -0.39 is 0 Å². The van der Waals surface area contributed by atoms with Crippen LogP contribution in [0.3, 0.4) is 0 Å². The number of hydrogen-bond acceptors (Lipinski definition) is 4. The fourth-order valence-electron chi connectivity index (χ4n) is 2.53. The van der Waals surface area contributed by atoms with Crippen molar-refractivity contribution in [2.75, 3.05) is 7.11 Å². The Hall–Kier alpha value is -2.05. The highest BCUT2D eigenvalue weighted by atomic mass is 35.5. The normalized spacial score (nSPS) is 11.0. The number of rotatable bonds is 4. The molecular weight excluding hydrogens is 334 g/mol. The first kappa shape index (κ1) is 15.8. The molecule has 0 unspecified atom stereocenters. The number of carbonyl (C=O) groups excluding carboxylic acids is 1. The summed E-state index contributed by atoms with van der Waals surface area (Å²) in [5.74, 6) is 1.37. The van der Waals surface area contributed by atoms with Gasteiger partial charge in [-0.3, -0.25) is 4.79 Å². The fourth-order valence-corrected chi connectivity index (χ4v) is 3.39. The van der Waals surface area contributed by atoms with Crippen LogP contribution in [0, 0.1) is 6.92 Å². The zero-order chi connectivity index (χ0) is 16.6. The predicted molar refractivity (Wildman–Crippen MR) is 92.5 cm³/mol. The summed E-state index contributed by atoms with van der Waals surface area (Å²) >= 11 is 7.79. The molecule has 0 spiro atoms. The van der Waals surface area contributed by atoms with Crippen LogP contribution in [0.25, 0.3) is 11.0 Å². The van der Waals surface area contributed by atoms with Crippen LogP contribution in [0.5, 0.6) is 5.75 Å². The maximum Gasteiger partial charge on any atom is 0.252 e. The van der Waals surface area contributed by atoms with Gasteiger partial charge >= 0.3 is 0 Å². The van der Waals surface area contributed by atoms with E-state index >= 15 is 0 Å². The van der Waals surface area contributed by atoms with Crippen molar-refractivity contribution < 1.29 is 9.53 Å². The van der Waals surface area contributed by atoms with Crippen LogP contribution in [0.4, 0.5) is 0 Å². The van der Waals surface area contributed by atoms with Gasteiger partial charge in [-0.1, -0.05) is 11.6 Å². The predicted octanol–water partition coefficient (Wildman–Crippen LogP) is 3.54. The van der Waals surface area contributed by atoms with Crippen molar-refractivity contribution in [1.29, 1.82) is 0 Å². The first-order valence-corrected chi connectivity index (χ1v) is 8.33. The Kier molecular flexibility index (Phi) is 4.28. The van der Waals surface area contributed by atoms with Crippen LogP contribution in [0.15, 0.2) is 22.9 Å². The molecule has 120 valence electrons. The Morgan fingerprint density at radius 1 is 1.52 bits per heavy atom. The molecule has 1 amide bonds. The molecule has 0 bridgehead atoms. The maximum absolute atomic E-state index is 12.2. The summed E-state index contributed by atoms with van der Waals surface area (Å²) < 4.78 is 7.40. The zero-order valence-electron chi connectivity index (χ0n) is 13.0. The number of nitrogens with zero attached hydrogens (tertiary/aromatic N) is 2. The Morgan fingerprint density at radius 3 is 2.96 bits per heavy atom. The molecule has 1 N–H and O–H groups in total. The number of methoxy groups -OCH3 is 1. The quantitative estimate of drug-likeness (QED) is 0.783. The number of aryl methyl sites for hydroxylation is 2. The van der Waals surface area contributed by atoms with Crippen LogP contribution in [-0.4, -0.2) is 22.6 Å². The number of fused-ring (bicyclic) bond motifs is 1. The molecule has 0 radical (unpaired) electrons. The van der Waals surface area contributed by atoms with Crippen molar-refractivity contribution in [3.63, 3.8) is 0 Å². The Bertz CT molecular complexity index is 871. The molecule has 5 nitrogen and oxygen atoms in total. The number of aromatic nitrogens is 2. The van der Waals surface area contributed by atoms with Crippen molar-refractivity contribution in [3.8, 4) is 5.75 Å². The maximum atomic E-state index is 12.2. The monoisotopic (exact) mass is 349 g/mol. The zero-order valence-corrected chi connectivity index (χ0v) is 14.6. The lowest BCUT2D eigenvalue weighted by Crippen LogP contribution is -2.23. The molecule has 2 aromatic heterocycles. The van der Waals surface area contributed by atoms with Gasteiger partial charge in [0, 0.05) is 36.2 Å². The standard InChI is InChI=1S/C16H16ClN3O2S/c1-9-19-14-12(17)6-13(22-3)11(15(14)20(9)2)7-18-16(21)10-4-5-23-8-10/h4-6,8H,7H2,1-3H3,(H,18,21). The Balaban J connectivity index is 2.02. The van der Waals surface area contributed by atoms with Crippen LogP contribution in [0.1, 0.15) is 21.7 Å². The van der Waals surface area contributed by atoms with Gasteiger partial charge in [0.05, 0.1) is 17.6 Å². The van der Waals surface area contributed by atoms with E-state index in [1.54, 1.807) is 19.2 Å². The van der Waals surface area contributed by atoms with E-state index in [0.717, 1.165) is 16.9 Å². The molecule has 2 heterocycles. The molecule has 3 rings (SSSR count). The summed E-state index contributed by atoms with van der Waals surface area (Å²) in [6.07, 6.45) is 0. The van der Waals surface area contributed by atoms with E-state index in [1.165, 1.54) is 11.3 Å². The first-order chi connectivity index (χ1) is 11.0. The summed E-state index contributed by atoms with van der Waals surface area (Å²) in [5, 5.41) is 7.16. The van der Waals surface area contributed by atoms with Crippen molar-refractivity contribution >= 4 is 39.9 Å². The number of hydrogen-bond donors (Lipinski definition) is 1. The molecule has 3 aromatic rings. The number of imidazole rings is 1. The van der Waals surface area contributed by atoms with Gasteiger partial charge < -0.3 is 14.6 Å². The van der Waals surface area contributed by atoms with E-state index in [-0.39, 0.29) is 5.91 Å². The summed E-state index contributed by atoms with van der Waals surface area (Å²) in [4.78, 5) is 16.7. The van der Waals surface area contributed by atoms with E-state index in [9.17, 15) is 4.79 Å². The molecule has 0 aliphatic rings. The Labute approximate surface area is 142 Å². The highest BCUT2D eigenvalue weighted by Gasteiger charge is 2.18. The highest BCUT2D eigenvalue weighted by Crippen LogP contribution is 2.34. The lowest BCUT2D eigenvalue weighted by atomic mass is 10.1. The van der Waals surface area contributed by atoms with Crippen LogP contribution >= 0.6 is 22.9 Å². The third-order valence-electron chi connectivity index (χ3n) is 3.82. The van der Waals surface area contributed by atoms with Gasteiger partial charge in [0.1, 0.15) is 17.1 Å². The van der Waals surface area contributed by atoms with E-state index in [0.29, 0.717) is 28.4 Å². The second kappa shape index (κ2) is 6.22. The minimum atomic E-state index is -0.115. The SMILES string of the molecule is COc1cc(Cl)c2nc(C)n(C)c2c1CNC(=O)c1ccsc1. The summed E-state index contributed by atoms with van der Waals surface area (Å²) in [6.45, 7) is 2.25. The van der Waals surface area contributed by atoms with E-state index in [2.05, 4.69) is 10.3 Å². The van der Waals surface area contributed by atoms with Gasteiger partial charge in [-0.2, -0.15) is 11.3 Å². The molecule has 23 heavy (non-hydrogen) atoms. The number of ether oxygens (including phenoxy) is 1. The molecule has 0 aliphatic heterocycles. The minimum Gasteiger partial charge on any atom is -0.496 e. The van der Waals surface area contributed by atoms with Crippen LogP contribution in [-0.2, 0) is 13.6 Å². The fraction of sp³-hybridized carbons (Fsp3) is 0.250. The molecule has 0 saturated carbocycles. The third-order valence-corrected chi connectivity index (χ3v) is 4.79. The molecule has 0 fully saturated rings. The van der Waals surface area contributed by atoms with Crippen molar-refractivity contribution in [2.24, 2.45) is 7.05 Å². The van der Waals surface area contributed by atoms with Crippen molar-refractivity contribution in [2.45, 2.75) is 13.5 Å².